The topological polar surface area (TPSA) is 28.7 Å². The van der Waals surface area contributed by atoms with Crippen LogP contribution in [0.2, 0.25) is 5.02 Å². The van der Waals surface area contributed by atoms with Gasteiger partial charge in [-0.2, -0.15) is 0 Å². The van der Waals surface area contributed by atoms with Gasteiger partial charge in [-0.1, -0.05) is 53.7 Å². The summed E-state index contributed by atoms with van der Waals surface area (Å²) < 4.78 is 0. The summed E-state index contributed by atoms with van der Waals surface area (Å²) in [6, 6.07) is 16.2. The number of aromatic nitrogens is 2. The number of aromatic amines is 1. The Hall–Kier alpha value is -1.45. The average Bonchev–Trinajstić information content (AvgIpc) is 2.82. The number of imidazole rings is 1. The summed E-state index contributed by atoms with van der Waals surface area (Å²) in [5, 5.41) is 1.69. The van der Waals surface area contributed by atoms with Crippen molar-refractivity contribution in [2.75, 3.05) is 5.75 Å². The van der Waals surface area contributed by atoms with E-state index in [2.05, 4.69) is 34.2 Å². The van der Waals surface area contributed by atoms with Crippen molar-refractivity contribution in [1.82, 2.24) is 9.97 Å². The quantitative estimate of drug-likeness (QED) is 0.714. The fourth-order valence-electron chi connectivity index (χ4n) is 1.94. The van der Waals surface area contributed by atoms with Crippen molar-refractivity contribution in [2.45, 2.75) is 11.6 Å². The Balaban J connectivity index is 1.65. The average molecular weight is 289 g/mol. The molecule has 0 spiro atoms. The van der Waals surface area contributed by atoms with Gasteiger partial charge in [0.2, 0.25) is 0 Å². The van der Waals surface area contributed by atoms with E-state index in [1.54, 1.807) is 11.8 Å². The molecule has 0 fully saturated rings. The van der Waals surface area contributed by atoms with Crippen LogP contribution in [-0.2, 0) is 6.42 Å². The number of nitrogens with zero attached hydrogens (tertiary/aromatic N) is 1. The van der Waals surface area contributed by atoms with Crippen molar-refractivity contribution >= 4 is 34.4 Å². The van der Waals surface area contributed by atoms with Crippen LogP contribution in [0.25, 0.3) is 11.0 Å². The van der Waals surface area contributed by atoms with Crippen LogP contribution >= 0.6 is 23.4 Å². The molecule has 0 aliphatic heterocycles. The number of thioether (sulfide) groups is 1. The molecule has 0 saturated heterocycles. The summed E-state index contributed by atoms with van der Waals surface area (Å²) in [6.07, 6.45) is 1.04. The number of benzene rings is 2. The van der Waals surface area contributed by atoms with Crippen LogP contribution in [0.1, 0.15) is 5.56 Å². The molecule has 0 saturated carbocycles. The molecule has 3 rings (SSSR count). The van der Waals surface area contributed by atoms with Gasteiger partial charge in [0.15, 0.2) is 5.16 Å². The number of halogens is 1. The van der Waals surface area contributed by atoms with Crippen LogP contribution < -0.4 is 0 Å². The number of nitrogens with one attached hydrogen (secondary N) is 1. The minimum atomic E-state index is 0.733. The maximum absolute atomic E-state index is 5.96. The third kappa shape index (κ3) is 3.11. The van der Waals surface area contributed by atoms with Gasteiger partial charge < -0.3 is 4.98 Å². The first-order valence-corrected chi connectivity index (χ1v) is 7.49. The summed E-state index contributed by atoms with van der Waals surface area (Å²) in [5.41, 5.74) is 3.32. The van der Waals surface area contributed by atoms with Crippen LogP contribution in [-0.4, -0.2) is 15.7 Å². The van der Waals surface area contributed by atoms with E-state index in [1.807, 2.05) is 24.3 Å². The molecule has 96 valence electrons. The van der Waals surface area contributed by atoms with Gasteiger partial charge >= 0.3 is 0 Å². The zero-order chi connectivity index (χ0) is 13.1. The number of fused-ring (bicyclic) bond motifs is 1. The fourth-order valence-corrected chi connectivity index (χ4v) is 2.99. The van der Waals surface area contributed by atoms with Crippen molar-refractivity contribution in [3.05, 3.63) is 59.1 Å². The Labute approximate surface area is 121 Å². The van der Waals surface area contributed by atoms with Crippen molar-refractivity contribution in [2.24, 2.45) is 0 Å². The van der Waals surface area contributed by atoms with E-state index in [0.717, 1.165) is 33.4 Å². The smallest absolute Gasteiger partial charge is 0.166 e. The molecule has 0 aliphatic carbocycles. The third-order valence-electron chi connectivity index (χ3n) is 2.89. The number of rotatable bonds is 4. The van der Waals surface area contributed by atoms with Gasteiger partial charge in [-0.15, -0.1) is 0 Å². The van der Waals surface area contributed by atoms with Gasteiger partial charge in [0.1, 0.15) is 0 Å². The standard InChI is InChI=1S/C15H13ClN2S/c16-12-6-7-13-14(10-12)18-15(17-13)19-9-8-11-4-2-1-3-5-11/h1-7,10H,8-9H2,(H,17,18). The molecule has 1 N–H and O–H groups in total. The molecule has 2 nitrogen and oxygen atoms in total. The minimum Gasteiger partial charge on any atom is -0.333 e. The molecule has 2 aromatic carbocycles. The highest BCUT2D eigenvalue weighted by molar-refractivity contribution is 7.99. The van der Waals surface area contributed by atoms with E-state index in [1.165, 1.54) is 5.56 Å². The molecule has 4 heteroatoms. The van der Waals surface area contributed by atoms with Crippen molar-refractivity contribution in [1.29, 1.82) is 0 Å². The fraction of sp³-hybridized carbons (Fsp3) is 0.133. The van der Waals surface area contributed by atoms with Gasteiger partial charge in [-0.3, -0.25) is 0 Å². The van der Waals surface area contributed by atoms with Crippen LogP contribution in [0.5, 0.6) is 0 Å². The first-order valence-electron chi connectivity index (χ1n) is 6.13. The number of aryl methyl sites for hydroxylation is 1. The molecular formula is C15H13ClN2S. The molecule has 1 aromatic heterocycles. The molecule has 1 heterocycles. The lowest BCUT2D eigenvalue weighted by Gasteiger charge is -1.98. The second-order valence-corrected chi connectivity index (χ2v) is 5.81. The molecule has 0 aliphatic rings. The summed E-state index contributed by atoms with van der Waals surface area (Å²) >= 11 is 7.69. The van der Waals surface area contributed by atoms with E-state index in [9.17, 15) is 0 Å². The Bertz CT molecular complexity index is 679. The molecule has 3 aromatic rings. The largest absolute Gasteiger partial charge is 0.333 e. The van der Waals surface area contributed by atoms with E-state index in [0.29, 0.717) is 0 Å². The van der Waals surface area contributed by atoms with Gasteiger partial charge in [-0.05, 0) is 30.2 Å². The van der Waals surface area contributed by atoms with Crippen molar-refractivity contribution in [3.63, 3.8) is 0 Å². The summed E-state index contributed by atoms with van der Waals surface area (Å²) in [4.78, 5) is 7.82. The lowest BCUT2D eigenvalue weighted by Crippen LogP contribution is -1.88. The SMILES string of the molecule is Clc1ccc2nc(SCCc3ccccc3)[nH]c2c1. The Morgan fingerprint density at radius 3 is 2.79 bits per heavy atom. The van der Waals surface area contributed by atoms with Gasteiger partial charge in [0.05, 0.1) is 11.0 Å². The maximum Gasteiger partial charge on any atom is 0.166 e. The predicted molar refractivity (Wildman–Crippen MR) is 82.0 cm³/mol. The monoisotopic (exact) mass is 288 g/mol. The van der Waals surface area contributed by atoms with Gasteiger partial charge in [0.25, 0.3) is 0 Å². The summed E-state index contributed by atoms with van der Waals surface area (Å²) in [6.45, 7) is 0. The molecule has 0 unspecified atom stereocenters. The van der Waals surface area contributed by atoms with Crippen LogP contribution in [0.4, 0.5) is 0 Å². The summed E-state index contributed by atoms with van der Waals surface area (Å²) in [5.74, 6) is 1.01. The summed E-state index contributed by atoms with van der Waals surface area (Å²) in [7, 11) is 0. The van der Waals surface area contributed by atoms with Crippen molar-refractivity contribution < 1.29 is 0 Å². The zero-order valence-corrected chi connectivity index (χ0v) is 11.8. The first-order chi connectivity index (χ1) is 9.31. The molecule has 0 radical (unpaired) electrons. The predicted octanol–water partition coefficient (Wildman–Crippen LogP) is 4.55. The van der Waals surface area contributed by atoms with Gasteiger partial charge in [-0.25, -0.2) is 4.98 Å². The number of hydrogen-bond acceptors (Lipinski definition) is 2. The molecular weight excluding hydrogens is 276 g/mol. The van der Waals surface area contributed by atoms with E-state index >= 15 is 0 Å². The maximum atomic E-state index is 5.96. The molecule has 19 heavy (non-hydrogen) atoms. The molecule has 0 amide bonds. The van der Waals surface area contributed by atoms with Gasteiger partial charge in [0, 0.05) is 10.8 Å². The number of hydrogen-bond donors (Lipinski definition) is 1. The second kappa shape index (κ2) is 5.68. The highest BCUT2D eigenvalue weighted by Crippen LogP contribution is 2.22. The van der Waals surface area contributed by atoms with Crippen molar-refractivity contribution in [3.8, 4) is 0 Å². The normalized spacial score (nSPS) is 11.0. The second-order valence-electron chi connectivity index (χ2n) is 4.29. The Kier molecular flexibility index (Phi) is 3.76. The van der Waals surface area contributed by atoms with Crippen LogP contribution in [0.15, 0.2) is 53.7 Å². The highest BCUT2D eigenvalue weighted by atomic mass is 35.5. The van der Waals surface area contributed by atoms with E-state index in [-0.39, 0.29) is 0 Å². The van der Waals surface area contributed by atoms with Crippen LogP contribution in [0.3, 0.4) is 0 Å². The van der Waals surface area contributed by atoms with E-state index < -0.39 is 0 Å². The zero-order valence-electron chi connectivity index (χ0n) is 10.3. The highest BCUT2D eigenvalue weighted by Gasteiger charge is 2.03. The Morgan fingerprint density at radius 1 is 1.11 bits per heavy atom. The lowest BCUT2D eigenvalue weighted by molar-refractivity contribution is 1.07. The van der Waals surface area contributed by atoms with Crippen LogP contribution in [0, 0.1) is 0 Å². The van der Waals surface area contributed by atoms with E-state index in [4.69, 9.17) is 11.6 Å². The molecule has 0 atom stereocenters. The third-order valence-corrected chi connectivity index (χ3v) is 4.00. The first kappa shape index (κ1) is 12.6. The lowest BCUT2D eigenvalue weighted by atomic mass is 10.2. The number of H-pyrrole nitrogens is 1. The molecule has 0 bridgehead atoms. The minimum absolute atomic E-state index is 0.733. The Morgan fingerprint density at radius 2 is 1.95 bits per heavy atom.